The van der Waals surface area contributed by atoms with Crippen molar-refractivity contribution in [3.8, 4) is 0 Å². The van der Waals surface area contributed by atoms with Crippen LogP contribution in [0.2, 0.25) is 0 Å². The van der Waals surface area contributed by atoms with E-state index in [1.165, 1.54) is 12.1 Å². The van der Waals surface area contributed by atoms with Gasteiger partial charge < -0.3 is 5.11 Å². The highest BCUT2D eigenvalue weighted by Gasteiger charge is 2.35. The molecule has 0 saturated heterocycles. The Morgan fingerprint density at radius 2 is 2.05 bits per heavy atom. The summed E-state index contributed by atoms with van der Waals surface area (Å²) in [5, 5.41) is 12.8. The summed E-state index contributed by atoms with van der Waals surface area (Å²) in [7, 11) is 0. The molecule has 0 radical (unpaired) electrons. The van der Waals surface area contributed by atoms with Crippen molar-refractivity contribution in [3.05, 3.63) is 35.2 Å². The molecule has 0 spiro atoms. The average Bonchev–Trinajstić information content (AvgIpc) is 2.77. The Kier molecular flexibility index (Phi) is 4.20. The van der Waals surface area contributed by atoms with Crippen molar-refractivity contribution in [2.24, 2.45) is 0 Å². The topological polar surface area (TPSA) is 54.6 Å². The number of carboxylic acids is 1. The summed E-state index contributed by atoms with van der Waals surface area (Å²) in [6.45, 7) is 2.00. The number of aryl methyl sites for hydroxylation is 1. The number of hydrogen-bond donors (Lipinski definition) is 1. The summed E-state index contributed by atoms with van der Waals surface area (Å²) in [4.78, 5) is 11.2. The van der Waals surface area contributed by atoms with Crippen LogP contribution in [-0.2, 0) is 12.6 Å². The average molecular weight is 300 g/mol. The summed E-state index contributed by atoms with van der Waals surface area (Å²) in [5.74, 6) is -1.31. The van der Waals surface area contributed by atoms with Crippen molar-refractivity contribution in [2.75, 3.05) is 0 Å². The smallest absolute Gasteiger partial charge is 0.433 e. The largest absolute Gasteiger partial charge is 0.476 e. The van der Waals surface area contributed by atoms with Gasteiger partial charge in [0.15, 0.2) is 5.69 Å². The summed E-state index contributed by atoms with van der Waals surface area (Å²) in [6.07, 6.45) is -1.64. The van der Waals surface area contributed by atoms with Crippen molar-refractivity contribution in [1.82, 2.24) is 9.61 Å². The van der Waals surface area contributed by atoms with Crippen LogP contribution >= 0.6 is 0 Å². The van der Waals surface area contributed by atoms with E-state index in [2.05, 4.69) is 5.10 Å². The first-order valence-electron chi connectivity index (χ1n) is 6.67. The molecule has 2 heterocycles. The Morgan fingerprint density at radius 1 is 1.33 bits per heavy atom. The molecule has 21 heavy (non-hydrogen) atoms. The lowest BCUT2D eigenvalue weighted by atomic mass is 10.1. The molecule has 114 valence electrons. The van der Waals surface area contributed by atoms with Gasteiger partial charge in [0.05, 0.1) is 5.52 Å². The van der Waals surface area contributed by atoms with Gasteiger partial charge in [0.1, 0.15) is 5.69 Å². The fourth-order valence-electron chi connectivity index (χ4n) is 2.30. The van der Waals surface area contributed by atoms with Crippen LogP contribution in [0.5, 0.6) is 0 Å². The number of aromatic carboxylic acids is 1. The zero-order valence-corrected chi connectivity index (χ0v) is 11.4. The molecule has 2 aromatic heterocycles. The van der Waals surface area contributed by atoms with Crippen LogP contribution in [0, 0.1) is 0 Å². The Morgan fingerprint density at radius 3 is 2.62 bits per heavy atom. The van der Waals surface area contributed by atoms with Gasteiger partial charge in [-0.15, -0.1) is 0 Å². The van der Waals surface area contributed by atoms with Gasteiger partial charge in [-0.3, -0.25) is 0 Å². The molecule has 0 aliphatic rings. The van der Waals surface area contributed by atoms with Gasteiger partial charge in [0, 0.05) is 5.56 Å². The number of carboxylic acid groups (broad SMARTS) is 1. The van der Waals surface area contributed by atoms with Gasteiger partial charge in [-0.25, -0.2) is 9.31 Å². The van der Waals surface area contributed by atoms with Crippen molar-refractivity contribution in [2.45, 2.75) is 38.8 Å². The van der Waals surface area contributed by atoms with Crippen molar-refractivity contribution in [1.29, 1.82) is 0 Å². The summed E-state index contributed by atoms with van der Waals surface area (Å²) < 4.78 is 39.6. The fraction of sp³-hybridized carbons (Fsp3) is 0.429. The zero-order chi connectivity index (χ0) is 15.6. The first-order chi connectivity index (χ1) is 9.86. The fourth-order valence-corrected chi connectivity index (χ4v) is 2.30. The van der Waals surface area contributed by atoms with E-state index in [1.807, 2.05) is 6.92 Å². The van der Waals surface area contributed by atoms with E-state index in [1.54, 1.807) is 0 Å². The van der Waals surface area contributed by atoms with E-state index < -0.39 is 17.8 Å². The quantitative estimate of drug-likeness (QED) is 0.855. The molecule has 0 aromatic carbocycles. The third-order valence-corrected chi connectivity index (χ3v) is 3.28. The monoisotopic (exact) mass is 300 g/mol. The third-order valence-electron chi connectivity index (χ3n) is 3.28. The van der Waals surface area contributed by atoms with Gasteiger partial charge in [0.2, 0.25) is 0 Å². The normalized spacial score (nSPS) is 12.0. The number of nitrogens with zero attached hydrogens (tertiary/aromatic N) is 2. The van der Waals surface area contributed by atoms with Crippen LogP contribution in [0.15, 0.2) is 18.2 Å². The molecular weight excluding hydrogens is 285 g/mol. The molecular formula is C14H15F3N2O2. The maximum absolute atomic E-state index is 13.0. The van der Waals surface area contributed by atoms with Gasteiger partial charge in [-0.2, -0.15) is 18.3 Å². The first-order valence-corrected chi connectivity index (χ1v) is 6.67. The minimum atomic E-state index is -4.58. The van der Waals surface area contributed by atoms with Crippen LogP contribution in [-0.4, -0.2) is 20.7 Å². The highest BCUT2D eigenvalue weighted by Crippen LogP contribution is 2.31. The number of alkyl halides is 3. The Labute approximate surface area is 119 Å². The molecule has 1 N–H and O–H groups in total. The number of hydrogen-bond acceptors (Lipinski definition) is 2. The minimum Gasteiger partial charge on any atom is -0.476 e. The van der Waals surface area contributed by atoms with Crippen LogP contribution in [0.25, 0.3) is 5.52 Å². The second kappa shape index (κ2) is 5.75. The third kappa shape index (κ3) is 3.01. The number of unbranched alkanes of at least 4 members (excludes halogenated alkanes) is 2. The molecule has 0 fully saturated rings. The van der Waals surface area contributed by atoms with E-state index in [0.717, 1.165) is 18.9 Å². The molecule has 0 atom stereocenters. The number of carbonyl (C=O) groups is 1. The standard InChI is InChI=1S/C14H15F3N2O2/c1-2-3-4-6-9-10-7-5-8-11(14(15,16)17)19(10)18-12(9)13(20)21/h5,7-8H,2-4,6H2,1H3,(H,20,21). The van der Waals surface area contributed by atoms with E-state index in [9.17, 15) is 18.0 Å². The maximum Gasteiger partial charge on any atom is 0.433 e. The molecule has 0 aliphatic carbocycles. The van der Waals surface area contributed by atoms with Gasteiger partial charge in [0.25, 0.3) is 0 Å². The molecule has 2 aromatic rings. The number of halogens is 3. The number of rotatable bonds is 5. The minimum absolute atomic E-state index is 0.207. The maximum atomic E-state index is 13.0. The predicted molar refractivity (Wildman–Crippen MR) is 70.4 cm³/mol. The van der Waals surface area contributed by atoms with Crippen molar-refractivity contribution >= 4 is 11.5 Å². The lowest BCUT2D eigenvalue weighted by molar-refractivity contribution is -0.142. The number of pyridine rings is 1. The zero-order valence-electron chi connectivity index (χ0n) is 11.4. The molecule has 0 unspecified atom stereocenters. The summed E-state index contributed by atoms with van der Waals surface area (Å²) in [5.41, 5.74) is -0.701. The van der Waals surface area contributed by atoms with Crippen LogP contribution in [0.4, 0.5) is 13.2 Å². The van der Waals surface area contributed by atoms with E-state index in [4.69, 9.17) is 5.11 Å². The molecule has 0 amide bonds. The lowest BCUT2D eigenvalue weighted by Crippen LogP contribution is -2.12. The van der Waals surface area contributed by atoms with E-state index in [-0.39, 0.29) is 11.2 Å². The van der Waals surface area contributed by atoms with Gasteiger partial charge >= 0.3 is 12.1 Å². The van der Waals surface area contributed by atoms with Crippen molar-refractivity contribution in [3.63, 3.8) is 0 Å². The Balaban J connectivity index is 2.60. The van der Waals surface area contributed by atoms with Crippen LogP contribution in [0.3, 0.4) is 0 Å². The molecule has 4 nitrogen and oxygen atoms in total. The molecule has 7 heteroatoms. The van der Waals surface area contributed by atoms with Crippen LogP contribution < -0.4 is 0 Å². The highest BCUT2D eigenvalue weighted by molar-refractivity contribution is 5.90. The van der Waals surface area contributed by atoms with E-state index >= 15 is 0 Å². The second-order valence-electron chi connectivity index (χ2n) is 4.80. The van der Waals surface area contributed by atoms with Crippen molar-refractivity contribution < 1.29 is 23.1 Å². The van der Waals surface area contributed by atoms with Gasteiger partial charge in [-0.1, -0.05) is 25.8 Å². The van der Waals surface area contributed by atoms with Crippen LogP contribution in [0.1, 0.15) is 47.9 Å². The number of aromatic nitrogens is 2. The first kappa shape index (κ1) is 15.3. The van der Waals surface area contributed by atoms with E-state index in [0.29, 0.717) is 22.9 Å². The number of fused-ring (bicyclic) bond motifs is 1. The molecule has 0 saturated carbocycles. The highest BCUT2D eigenvalue weighted by atomic mass is 19.4. The predicted octanol–water partition coefficient (Wildman–Crippen LogP) is 3.78. The SMILES string of the molecule is CCCCCc1c(C(=O)O)nn2c(C(F)(F)F)cccc12. The second-order valence-corrected chi connectivity index (χ2v) is 4.80. The Hall–Kier alpha value is -2.05. The summed E-state index contributed by atoms with van der Waals surface area (Å²) >= 11 is 0. The lowest BCUT2D eigenvalue weighted by Gasteiger charge is -2.08. The molecule has 0 bridgehead atoms. The molecule has 2 rings (SSSR count). The summed E-state index contributed by atoms with van der Waals surface area (Å²) in [6, 6.07) is 3.63. The van der Waals surface area contributed by atoms with Gasteiger partial charge in [-0.05, 0) is 25.0 Å². The Bertz CT molecular complexity index is 662. The molecule has 0 aliphatic heterocycles.